The molecule has 1 heterocycles. The Morgan fingerprint density at radius 1 is 1.12 bits per heavy atom. The maximum absolute atomic E-state index is 13.1. The summed E-state index contributed by atoms with van der Waals surface area (Å²) in [5.41, 5.74) is 1.32. The number of esters is 1. The van der Waals surface area contributed by atoms with Gasteiger partial charge in [-0.3, -0.25) is 14.9 Å². The van der Waals surface area contributed by atoms with Crippen LogP contribution in [0.25, 0.3) is 6.08 Å². The lowest BCUT2D eigenvalue weighted by molar-refractivity contribution is -0.145. The summed E-state index contributed by atoms with van der Waals surface area (Å²) in [6.45, 7) is 3.40. The highest BCUT2D eigenvalue weighted by Crippen LogP contribution is 2.37. The van der Waals surface area contributed by atoms with Gasteiger partial charge in [-0.05, 0) is 77.3 Å². The van der Waals surface area contributed by atoms with E-state index in [1.165, 1.54) is 19.3 Å². The number of anilines is 1. The first-order valence-electron chi connectivity index (χ1n) is 9.99. The highest BCUT2D eigenvalue weighted by molar-refractivity contribution is 9.10. The third-order valence-corrected chi connectivity index (χ3v) is 6.18. The number of aryl methyl sites for hydroxylation is 1. The molecule has 1 N–H and O–H groups in total. The van der Waals surface area contributed by atoms with E-state index >= 15 is 0 Å². The molecule has 0 spiro atoms. The SMILES string of the molecule is CCOC(=O)COc1c(Br)cc(/C=C2\C(=O)NC(=O)N(c3ccc(Br)c(C)c3)C2=O)cc1OC. The minimum absolute atomic E-state index is 0.225. The van der Waals surface area contributed by atoms with Crippen LogP contribution < -0.4 is 19.7 Å². The molecule has 0 unspecified atom stereocenters. The molecule has 0 saturated carbocycles. The van der Waals surface area contributed by atoms with Gasteiger partial charge in [-0.1, -0.05) is 15.9 Å². The van der Waals surface area contributed by atoms with Gasteiger partial charge in [0.1, 0.15) is 5.57 Å². The van der Waals surface area contributed by atoms with Gasteiger partial charge in [0.05, 0.1) is 23.9 Å². The Balaban J connectivity index is 1.95. The maximum atomic E-state index is 13.1. The lowest BCUT2D eigenvalue weighted by Crippen LogP contribution is -2.54. The second kappa shape index (κ2) is 10.8. The summed E-state index contributed by atoms with van der Waals surface area (Å²) < 4.78 is 16.9. The molecule has 1 aliphatic rings. The molecule has 9 nitrogen and oxygen atoms in total. The number of halogens is 2. The number of methoxy groups -OCH3 is 1. The van der Waals surface area contributed by atoms with Crippen molar-refractivity contribution in [3.8, 4) is 11.5 Å². The van der Waals surface area contributed by atoms with Crippen LogP contribution in [0.15, 0.2) is 44.9 Å². The molecule has 2 aromatic carbocycles. The zero-order valence-corrected chi connectivity index (χ0v) is 21.6. The third-order valence-electron chi connectivity index (χ3n) is 4.70. The van der Waals surface area contributed by atoms with Gasteiger partial charge in [0.15, 0.2) is 18.1 Å². The van der Waals surface area contributed by atoms with E-state index in [9.17, 15) is 19.2 Å². The van der Waals surface area contributed by atoms with Gasteiger partial charge >= 0.3 is 12.0 Å². The standard InChI is InChI=1S/C23H20Br2N2O7/c1-4-33-19(28)11-34-20-17(25)9-13(10-18(20)32-3)8-15-21(29)26-23(31)27(22(15)30)14-5-6-16(24)12(2)7-14/h5-10H,4,11H2,1-3H3,(H,26,29,31)/b15-8+. The Kier molecular flexibility index (Phi) is 8.11. The zero-order chi connectivity index (χ0) is 25.0. The van der Waals surface area contributed by atoms with Crippen LogP contribution in [0.2, 0.25) is 0 Å². The van der Waals surface area contributed by atoms with Gasteiger partial charge in [-0.25, -0.2) is 14.5 Å². The molecular weight excluding hydrogens is 576 g/mol. The fourth-order valence-electron chi connectivity index (χ4n) is 3.12. The van der Waals surface area contributed by atoms with Gasteiger partial charge in [0.2, 0.25) is 0 Å². The van der Waals surface area contributed by atoms with Gasteiger partial charge in [-0.15, -0.1) is 0 Å². The number of ether oxygens (including phenoxy) is 3. The van der Waals surface area contributed by atoms with E-state index in [0.29, 0.717) is 15.7 Å². The number of nitrogens with one attached hydrogen (secondary N) is 1. The van der Waals surface area contributed by atoms with Gasteiger partial charge in [0.25, 0.3) is 11.8 Å². The number of amides is 4. The van der Waals surface area contributed by atoms with Crippen LogP contribution in [0.5, 0.6) is 11.5 Å². The van der Waals surface area contributed by atoms with Crippen LogP contribution in [-0.4, -0.2) is 44.1 Å². The van der Waals surface area contributed by atoms with Crippen molar-refractivity contribution >= 4 is 67.4 Å². The van der Waals surface area contributed by atoms with Gasteiger partial charge in [-0.2, -0.15) is 0 Å². The third kappa shape index (κ3) is 5.48. The first-order valence-corrected chi connectivity index (χ1v) is 11.6. The average molecular weight is 596 g/mol. The number of hydrogen-bond acceptors (Lipinski definition) is 7. The Hall–Kier alpha value is -3.18. The predicted molar refractivity (Wildman–Crippen MR) is 131 cm³/mol. The summed E-state index contributed by atoms with van der Waals surface area (Å²) in [5, 5.41) is 2.19. The van der Waals surface area contributed by atoms with E-state index < -0.39 is 23.8 Å². The smallest absolute Gasteiger partial charge is 0.344 e. The number of hydrogen-bond donors (Lipinski definition) is 1. The summed E-state index contributed by atoms with van der Waals surface area (Å²) in [7, 11) is 1.41. The molecule has 0 radical (unpaired) electrons. The minimum atomic E-state index is -0.838. The molecular formula is C23H20Br2N2O7. The number of barbiturate groups is 1. The van der Waals surface area contributed by atoms with Crippen molar-refractivity contribution in [2.45, 2.75) is 13.8 Å². The molecule has 3 rings (SSSR count). The van der Waals surface area contributed by atoms with E-state index in [1.54, 1.807) is 31.2 Å². The number of nitrogens with zero attached hydrogens (tertiary/aromatic N) is 1. The quantitative estimate of drug-likeness (QED) is 0.291. The molecule has 1 saturated heterocycles. The number of urea groups is 1. The number of rotatable bonds is 7. The topological polar surface area (TPSA) is 111 Å². The van der Waals surface area contributed by atoms with Crippen LogP contribution in [0.1, 0.15) is 18.1 Å². The summed E-state index contributed by atoms with van der Waals surface area (Å²) in [6.07, 6.45) is 1.34. The molecule has 0 atom stereocenters. The molecule has 1 fully saturated rings. The van der Waals surface area contributed by atoms with Crippen LogP contribution in [0.3, 0.4) is 0 Å². The lowest BCUT2D eigenvalue weighted by Gasteiger charge is -2.26. The molecule has 11 heteroatoms. The fraction of sp³-hybridized carbons (Fsp3) is 0.217. The predicted octanol–water partition coefficient (Wildman–Crippen LogP) is 4.14. The monoisotopic (exact) mass is 594 g/mol. The fourth-order valence-corrected chi connectivity index (χ4v) is 3.94. The largest absolute Gasteiger partial charge is 0.493 e. The van der Waals surface area contributed by atoms with Gasteiger partial charge in [0, 0.05) is 4.47 Å². The van der Waals surface area contributed by atoms with Crippen molar-refractivity contribution in [1.29, 1.82) is 0 Å². The number of carbonyl (C=O) groups excluding carboxylic acids is 4. The second-order valence-corrected chi connectivity index (χ2v) is 8.73. The van der Waals surface area contributed by atoms with E-state index in [2.05, 4.69) is 37.2 Å². The first-order chi connectivity index (χ1) is 16.2. The molecule has 0 aliphatic carbocycles. The van der Waals surface area contributed by atoms with E-state index in [-0.39, 0.29) is 30.3 Å². The normalized spacial score (nSPS) is 14.8. The summed E-state index contributed by atoms with van der Waals surface area (Å²) in [4.78, 5) is 50.6. The molecule has 2 aromatic rings. The van der Waals surface area contributed by atoms with Crippen molar-refractivity contribution in [2.75, 3.05) is 25.2 Å². The van der Waals surface area contributed by atoms with Crippen LogP contribution in [-0.2, 0) is 19.1 Å². The number of carbonyl (C=O) groups is 4. The Morgan fingerprint density at radius 2 is 1.85 bits per heavy atom. The Bertz CT molecular complexity index is 1210. The molecule has 0 aromatic heterocycles. The molecule has 0 bridgehead atoms. The van der Waals surface area contributed by atoms with Gasteiger partial charge < -0.3 is 14.2 Å². The molecule has 4 amide bonds. The van der Waals surface area contributed by atoms with E-state index in [4.69, 9.17) is 14.2 Å². The van der Waals surface area contributed by atoms with Crippen molar-refractivity contribution in [1.82, 2.24) is 5.32 Å². The number of benzene rings is 2. The highest BCUT2D eigenvalue weighted by atomic mass is 79.9. The van der Waals surface area contributed by atoms with Crippen LogP contribution in [0.4, 0.5) is 10.5 Å². The van der Waals surface area contributed by atoms with Crippen molar-refractivity contribution in [2.24, 2.45) is 0 Å². The Morgan fingerprint density at radius 3 is 2.50 bits per heavy atom. The first kappa shape index (κ1) is 25.4. The van der Waals surface area contributed by atoms with Crippen molar-refractivity contribution < 1.29 is 33.4 Å². The Labute approximate surface area is 212 Å². The van der Waals surface area contributed by atoms with Crippen LogP contribution >= 0.6 is 31.9 Å². The van der Waals surface area contributed by atoms with Crippen molar-refractivity contribution in [3.63, 3.8) is 0 Å². The average Bonchev–Trinajstić information content (AvgIpc) is 2.78. The van der Waals surface area contributed by atoms with Crippen LogP contribution in [0, 0.1) is 6.92 Å². The summed E-state index contributed by atoms with van der Waals surface area (Å²) >= 11 is 6.74. The summed E-state index contributed by atoms with van der Waals surface area (Å²) in [6, 6.07) is 7.24. The summed E-state index contributed by atoms with van der Waals surface area (Å²) in [5.74, 6) is -1.63. The maximum Gasteiger partial charge on any atom is 0.344 e. The molecule has 178 valence electrons. The van der Waals surface area contributed by atoms with Crippen molar-refractivity contribution in [3.05, 3.63) is 56.0 Å². The second-order valence-electron chi connectivity index (χ2n) is 7.02. The molecule has 34 heavy (non-hydrogen) atoms. The minimum Gasteiger partial charge on any atom is -0.493 e. The number of imide groups is 2. The van der Waals surface area contributed by atoms with E-state index in [1.807, 2.05) is 6.92 Å². The lowest BCUT2D eigenvalue weighted by atomic mass is 10.1. The molecule has 1 aliphatic heterocycles. The zero-order valence-electron chi connectivity index (χ0n) is 18.4. The highest BCUT2D eigenvalue weighted by Gasteiger charge is 2.37. The van der Waals surface area contributed by atoms with E-state index in [0.717, 1.165) is 14.9 Å².